The fourth-order valence-electron chi connectivity index (χ4n) is 4.36. The van der Waals surface area contributed by atoms with Crippen LogP contribution >= 0.6 is 11.6 Å². The average molecular weight is 451 g/mol. The fourth-order valence-corrected chi connectivity index (χ4v) is 4.62. The lowest BCUT2D eigenvalue weighted by atomic mass is 10.0. The van der Waals surface area contributed by atoms with Crippen LogP contribution in [0.15, 0.2) is 30.6 Å². The van der Waals surface area contributed by atoms with E-state index in [0.717, 1.165) is 52.6 Å². The van der Waals surface area contributed by atoms with Crippen LogP contribution in [0.5, 0.6) is 11.5 Å². The summed E-state index contributed by atoms with van der Waals surface area (Å²) in [5.74, 6) is 1.27. The number of aromatic amines is 1. The number of H-pyrrole nitrogens is 1. The third kappa shape index (κ3) is 3.56. The lowest BCUT2D eigenvalue weighted by molar-refractivity contribution is 0.00788. The Morgan fingerprint density at radius 1 is 1.41 bits per heavy atom. The van der Waals surface area contributed by atoms with Gasteiger partial charge in [0.25, 0.3) is 0 Å². The second-order valence-corrected chi connectivity index (χ2v) is 8.44. The molecule has 1 saturated heterocycles. The van der Waals surface area contributed by atoms with E-state index in [1.54, 1.807) is 19.4 Å². The summed E-state index contributed by atoms with van der Waals surface area (Å²) >= 11 is 6.51. The molecule has 8 heteroatoms. The van der Waals surface area contributed by atoms with Crippen LogP contribution in [-0.2, 0) is 11.3 Å². The highest BCUT2D eigenvalue weighted by atomic mass is 35.5. The zero-order chi connectivity index (χ0) is 22.2. The van der Waals surface area contributed by atoms with Gasteiger partial charge in [-0.1, -0.05) is 11.6 Å². The highest BCUT2D eigenvalue weighted by Crippen LogP contribution is 2.37. The molecule has 0 saturated carbocycles. The van der Waals surface area contributed by atoms with Crippen molar-refractivity contribution in [3.05, 3.63) is 52.3 Å². The van der Waals surface area contributed by atoms with Gasteiger partial charge in [-0.2, -0.15) is 10.4 Å². The van der Waals surface area contributed by atoms with E-state index in [-0.39, 0.29) is 6.10 Å². The Hall–Kier alpha value is -3.21. The summed E-state index contributed by atoms with van der Waals surface area (Å²) in [5, 5.41) is 16.9. The number of rotatable bonds is 5. The molecule has 1 N–H and O–H groups in total. The van der Waals surface area contributed by atoms with Gasteiger partial charge in [-0.3, -0.25) is 4.68 Å². The van der Waals surface area contributed by atoms with Gasteiger partial charge in [0.15, 0.2) is 5.75 Å². The molecule has 1 aliphatic heterocycles. The number of hydrogen-bond donors (Lipinski definition) is 1. The molecule has 0 spiro atoms. The first-order chi connectivity index (χ1) is 15.6. The molecule has 1 unspecified atom stereocenters. The first kappa shape index (κ1) is 20.7. The number of aryl methyl sites for hydroxylation is 1. The Balaban J connectivity index is 1.58. The van der Waals surface area contributed by atoms with E-state index in [4.69, 9.17) is 30.9 Å². The number of benzene rings is 2. The van der Waals surface area contributed by atoms with Crippen molar-refractivity contribution in [2.45, 2.75) is 32.4 Å². The smallest absolute Gasteiger partial charge is 0.165 e. The van der Waals surface area contributed by atoms with E-state index in [1.807, 2.05) is 29.9 Å². The largest absolute Gasteiger partial charge is 0.496 e. The molecule has 0 aliphatic carbocycles. The van der Waals surface area contributed by atoms with Crippen molar-refractivity contribution >= 4 is 33.4 Å². The monoisotopic (exact) mass is 450 g/mol. The van der Waals surface area contributed by atoms with Crippen molar-refractivity contribution in [1.82, 2.24) is 14.8 Å². The molecule has 4 aromatic rings. The summed E-state index contributed by atoms with van der Waals surface area (Å²) in [6.07, 6.45) is 5.50. The number of nitriles is 1. The van der Waals surface area contributed by atoms with Crippen molar-refractivity contribution in [3.63, 3.8) is 0 Å². The molecule has 0 amide bonds. The molecule has 3 heterocycles. The van der Waals surface area contributed by atoms with Gasteiger partial charge in [-0.25, -0.2) is 0 Å². The molecule has 2 aromatic heterocycles. The lowest BCUT2D eigenvalue weighted by Crippen LogP contribution is -2.28. The molecular formula is C24H23ClN4O3. The lowest BCUT2D eigenvalue weighted by Gasteiger charge is -2.23. The first-order valence-electron chi connectivity index (χ1n) is 10.6. The van der Waals surface area contributed by atoms with Gasteiger partial charge < -0.3 is 19.2 Å². The van der Waals surface area contributed by atoms with E-state index < -0.39 is 0 Å². The number of hydrogen-bond acceptors (Lipinski definition) is 5. The quantitative estimate of drug-likeness (QED) is 0.464. The molecule has 0 radical (unpaired) electrons. The van der Waals surface area contributed by atoms with E-state index in [0.29, 0.717) is 35.0 Å². The zero-order valence-corrected chi connectivity index (χ0v) is 18.7. The topological polar surface area (TPSA) is 85.1 Å². The third-order valence-electron chi connectivity index (χ3n) is 5.92. The third-order valence-corrected chi connectivity index (χ3v) is 6.21. The van der Waals surface area contributed by atoms with Crippen LogP contribution in [0.25, 0.3) is 21.8 Å². The van der Waals surface area contributed by atoms with Gasteiger partial charge >= 0.3 is 0 Å². The van der Waals surface area contributed by atoms with Crippen molar-refractivity contribution in [1.29, 1.82) is 5.26 Å². The number of fused-ring (bicyclic) bond motifs is 2. The second-order valence-electron chi connectivity index (χ2n) is 8.04. The van der Waals surface area contributed by atoms with Crippen molar-refractivity contribution in [2.24, 2.45) is 0 Å². The number of aromatic nitrogens is 3. The molecule has 7 nitrogen and oxygen atoms in total. The van der Waals surface area contributed by atoms with Gasteiger partial charge in [0.1, 0.15) is 23.4 Å². The SMILES string of the molecule is COc1cc(C)c2[nH]cc(Cl)c2c1Cn1cc2ccc(C#N)c(OC3CCCOC3)c2n1. The predicted octanol–water partition coefficient (Wildman–Crippen LogP) is 4.97. The number of ether oxygens (including phenoxy) is 3. The standard InChI is InChI=1S/C24H23ClN4O3/c1-14-8-20(30-2)18(21-19(25)10-27-22(14)21)12-29-11-16-6-5-15(9-26)24(23(16)28-29)32-17-4-3-7-31-13-17/h5-6,8,10-11,17,27H,3-4,7,12-13H2,1-2H3. The van der Waals surface area contributed by atoms with Crippen LogP contribution in [0, 0.1) is 18.3 Å². The highest BCUT2D eigenvalue weighted by molar-refractivity contribution is 6.36. The van der Waals surface area contributed by atoms with E-state index in [9.17, 15) is 5.26 Å². The maximum atomic E-state index is 9.64. The van der Waals surface area contributed by atoms with Crippen molar-refractivity contribution < 1.29 is 14.2 Å². The van der Waals surface area contributed by atoms with E-state index in [2.05, 4.69) is 11.1 Å². The number of nitrogens with one attached hydrogen (secondary N) is 1. The van der Waals surface area contributed by atoms with Gasteiger partial charge in [0, 0.05) is 35.3 Å². The Morgan fingerprint density at radius 2 is 2.28 bits per heavy atom. The normalized spacial score (nSPS) is 16.4. The molecule has 32 heavy (non-hydrogen) atoms. The first-order valence-corrected chi connectivity index (χ1v) is 10.9. The van der Waals surface area contributed by atoms with Crippen LogP contribution in [0.2, 0.25) is 5.02 Å². The second kappa shape index (κ2) is 8.38. The number of halogens is 1. The zero-order valence-electron chi connectivity index (χ0n) is 17.9. The number of methoxy groups -OCH3 is 1. The average Bonchev–Trinajstić information content (AvgIpc) is 3.40. The minimum absolute atomic E-state index is 0.0814. The van der Waals surface area contributed by atoms with Gasteiger partial charge in [0.05, 0.1) is 36.4 Å². The summed E-state index contributed by atoms with van der Waals surface area (Å²) in [6.45, 7) is 3.75. The Labute approximate surface area is 190 Å². The number of nitrogens with zero attached hydrogens (tertiary/aromatic N) is 3. The van der Waals surface area contributed by atoms with E-state index >= 15 is 0 Å². The molecule has 0 bridgehead atoms. The molecule has 2 aromatic carbocycles. The summed E-state index contributed by atoms with van der Waals surface area (Å²) in [5.41, 5.74) is 4.11. The minimum atomic E-state index is -0.0814. The Bertz CT molecular complexity index is 1350. The van der Waals surface area contributed by atoms with Crippen molar-refractivity contribution in [3.8, 4) is 17.6 Å². The molecule has 5 rings (SSSR count). The van der Waals surface area contributed by atoms with Crippen molar-refractivity contribution in [2.75, 3.05) is 20.3 Å². The summed E-state index contributed by atoms with van der Waals surface area (Å²) < 4.78 is 19.3. The summed E-state index contributed by atoms with van der Waals surface area (Å²) in [6, 6.07) is 7.91. The minimum Gasteiger partial charge on any atom is -0.496 e. The van der Waals surface area contributed by atoms with Gasteiger partial charge in [-0.15, -0.1) is 0 Å². The Kier molecular flexibility index (Phi) is 5.41. The Morgan fingerprint density at radius 3 is 3.03 bits per heavy atom. The molecule has 1 aliphatic rings. The van der Waals surface area contributed by atoms with Crippen LogP contribution in [-0.4, -0.2) is 41.2 Å². The maximum absolute atomic E-state index is 9.64. The van der Waals surface area contributed by atoms with Gasteiger partial charge in [-0.05, 0) is 43.5 Å². The highest BCUT2D eigenvalue weighted by Gasteiger charge is 2.21. The van der Waals surface area contributed by atoms with Crippen LogP contribution in [0.4, 0.5) is 0 Å². The molecule has 1 atom stereocenters. The van der Waals surface area contributed by atoms with Gasteiger partial charge in [0.2, 0.25) is 0 Å². The molecule has 1 fully saturated rings. The molecule has 164 valence electrons. The van der Waals surface area contributed by atoms with E-state index in [1.165, 1.54) is 0 Å². The van der Waals surface area contributed by atoms with Crippen LogP contribution < -0.4 is 9.47 Å². The fraction of sp³-hybridized carbons (Fsp3) is 0.333. The van der Waals surface area contributed by atoms with Crippen LogP contribution in [0.1, 0.15) is 29.5 Å². The summed E-state index contributed by atoms with van der Waals surface area (Å²) in [7, 11) is 1.65. The summed E-state index contributed by atoms with van der Waals surface area (Å²) in [4.78, 5) is 3.24. The molecular weight excluding hydrogens is 428 g/mol. The van der Waals surface area contributed by atoms with Crippen LogP contribution in [0.3, 0.4) is 0 Å². The predicted molar refractivity (Wildman–Crippen MR) is 123 cm³/mol. The maximum Gasteiger partial charge on any atom is 0.165 e.